The van der Waals surface area contributed by atoms with Gasteiger partial charge in [0.1, 0.15) is 0 Å². The highest BCUT2D eigenvalue weighted by Gasteiger charge is 2.13. The molecule has 0 saturated carbocycles. The number of benzene rings is 1. The van der Waals surface area contributed by atoms with Crippen molar-refractivity contribution in [3.05, 3.63) is 17.7 Å². The minimum Gasteiger partial charge on any atom is -0.125 e. The van der Waals surface area contributed by atoms with Crippen LogP contribution in [0.15, 0.2) is 26.8 Å². The van der Waals surface area contributed by atoms with Gasteiger partial charge in [-0.1, -0.05) is 91.9 Å². The molecule has 1 aromatic carbocycles. The molecular weight excluding hydrogens is 420 g/mol. The molecule has 1 rings (SSSR count). The SMILES string of the molecule is CCCCCCSc1cc(CCC)cc(SCCCCCC)c1SCCCCCC. The lowest BCUT2D eigenvalue weighted by Crippen LogP contribution is -1.94. The van der Waals surface area contributed by atoms with Gasteiger partial charge in [-0.2, -0.15) is 0 Å². The van der Waals surface area contributed by atoms with Crippen molar-refractivity contribution >= 4 is 35.3 Å². The molecule has 30 heavy (non-hydrogen) atoms. The lowest BCUT2D eigenvalue weighted by Gasteiger charge is -2.17. The predicted octanol–water partition coefficient (Wildman–Crippen LogP) is 10.7. The van der Waals surface area contributed by atoms with Gasteiger partial charge in [0, 0.05) is 14.7 Å². The number of aryl methyl sites for hydroxylation is 1. The summed E-state index contributed by atoms with van der Waals surface area (Å²) in [6, 6.07) is 5.06. The third kappa shape index (κ3) is 13.0. The van der Waals surface area contributed by atoms with Gasteiger partial charge < -0.3 is 0 Å². The Labute approximate surface area is 201 Å². The molecule has 0 aliphatic carbocycles. The summed E-state index contributed by atoms with van der Waals surface area (Å²) in [6.07, 6.45) is 18.8. The van der Waals surface area contributed by atoms with Crippen LogP contribution >= 0.6 is 35.3 Å². The van der Waals surface area contributed by atoms with E-state index in [1.165, 1.54) is 107 Å². The van der Waals surface area contributed by atoms with E-state index in [1.54, 1.807) is 20.2 Å². The van der Waals surface area contributed by atoms with E-state index in [-0.39, 0.29) is 0 Å². The van der Waals surface area contributed by atoms with Gasteiger partial charge in [-0.05, 0) is 60.6 Å². The third-order valence-corrected chi connectivity index (χ3v) is 9.11. The molecule has 0 saturated heterocycles. The minimum atomic E-state index is 1.22. The zero-order valence-electron chi connectivity index (χ0n) is 20.4. The van der Waals surface area contributed by atoms with E-state index in [0.29, 0.717) is 0 Å². The zero-order valence-corrected chi connectivity index (χ0v) is 22.8. The van der Waals surface area contributed by atoms with Gasteiger partial charge in [0.15, 0.2) is 0 Å². The number of rotatable bonds is 20. The van der Waals surface area contributed by atoms with Gasteiger partial charge in [-0.3, -0.25) is 0 Å². The summed E-state index contributed by atoms with van der Waals surface area (Å²) in [4.78, 5) is 4.76. The van der Waals surface area contributed by atoms with Crippen LogP contribution < -0.4 is 0 Å². The summed E-state index contributed by atoms with van der Waals surface area (Å²) in [5, 5.41) is 0. The molecule has 1 aromatic rings. The van der Waals surface area contributed by atoms with Crippen LogP contribution in [0.4, 0.5) is 0 Å². The summed E-state index contributed by atoms with van der Waals surface area (Å²) in [7, 11) is 0. The fourth-order valence-electron chi connectivity index (χ4n) is 3.55. The van der Waals surface area contributed by atoms with Crippen molar-refractivity contribution < 1.29 is 0 Å². The Morgan fingerprint density at radius 2 is 0.933 bits per heavy atom. The number of hydrogen-bond donors (Lipinski definition) is 0. The van der Waals surface area contributed by atoms with Crippen LogP contribution in [0.3, 0.4) is 0 Å². The van der Waals surface area contributed by atoms with Crippen molar-refractivity contribution in [3.8, 4) is 0 Å². The third-order valence-electron chi connectivity index (χ3n) is 5.37. The van der Waals surface area contributed by atoms with Gasteiger partial charge in [-0.25, -0.2) is 0 Å². The summed E-state index contributed by atoms with van der Waals surface area (Å²) < 4.78 is 0. The van der Waals surface area contributed by atoms with E-state index in [1.807, 2.05) is 0 Å². The highest BCUT2D eigenvalue weighted by atomic mass is 32.2. The fourth-order valence-corrected chi connectivity index (χ4v) is 7.36. The molecule has 0 N–H and O–H groups in total. The Kier molecular flexibility index (Phi) is 18.8. The lowest BCUT2D eigenvalue weighted by molar-refractivity contribution is 0.705. The van der Waals surface area contributed by atoms with Crippen LogP contribution in [0.5, 0.6) is 0 Å². The molecule has 0 radical (unpaired) electrons. The fraction of sp³-hybridized carbons (Fsp3) is 0.778. The first-order valence-corrected chi connectivity index (χ1v) is 15.8. The summed E-state index contributed by atoms with van der Waals surface area (Å²) >= 11 is 6.41. The van der Waals surface area contributed by atoms with Gasteiger partial charge in [0.2, 0.25) is 0 Å². The number of unbranched alkanes of at least 4 members (excludes halogenated alkanes) is 9. The second-order valence-corrected chi connectivity index (χ2v) is 11.8. The normalized spacial score (nSPS) is 11.3. The van der Waals surface area contributed by atoms with Crippen LogP contribution in [0.25, 0.3) is 0 Å². The van der Waals surface area contributed by atoms with Gasteiger partial charge in [-0.15, -0.1) is 35.3 Å². The van der Waals surface area contributed by atoms with Crippen LogP contribution in [0.2, 0.25) is 0 Å². The van der Waals surface area contributed by atoms with E-state index >= 15 is 0 Å². The highest BCUT2D eigenvalue weighted by molar-refractivity contribution is 8.03. The molecule has 0 nitrogen and oxygen atoms in total. The molecule has 0 aromatic heterocycles. The summed E-state index contributed by atoms with van der Waals surface area (Å²) in [5.74, 6) is 3.83. The smallest absolute Gasteiger partial charge is 0.0344 e. The predicted molar refractivity (Wildman–Crippen MR) is 145 cm³/mol. The van der Waals surface area contributed by atoms with Gasteiger partial charge in [0.25, 0.3) is 0 Å². The lowest BCUT2D eigenvalue weighted by atomic mass is 10.1. The first-order valence-electron chi connectivity index (χ1n) is 12.8. The second kappa shape index (κ2) is 19.9. The Hall–Kier alpha value is 0.270. The average Bonchev–Trinajstić information content (AvgIpc) is 2.74. The molecule has 0 spiro atoms. The zero-order chi connectivity index (χ0) is 21.9. The van der Waals surface area contributed by atoms with Gasteiger partial charge in [0.05, 0.1) is 0 Å². The van der Waals surface area contributed by atoms with Crippen molar-refractivity contribution in [3.63, 3.8) is 0 Å². The molecule has 0 unspecified atom stereocenters. The highest BCUT2D eigenvalue weighted by Crippen LogP contribution is 2.41. The average molecular weight is 469 g/mol. The van der Waals surface area contributed by atoms with Crippen molar-refractivity contribution in [2.75, 3.05) is 17.3 Å². The molecule has 0 amide bonds. The number of thioether (sulfide) groups is 3. The molecule has 0 aliphatic heterocycles. The van der Waals surface area contributed by atoms with Crippen LogP contribution in [-0.2, 0) is 6.42 Å². The monoisotopic (exact) mass is 468 g/mol. The van der Waals surface area contributed by atoms with Crippen molar-refractivity contribution in [2.45, 2.75) is 132 Å². The first kappa shape index (κ1) is 28.3. The van der Waals surface area contributed by atoms with E-state index < -0.39 is 0 Å². The quantitative estimate of drug-likeness (QED) is 0.138. The number of hydrogen-bond acceptors (Lipinski definition) is 3. The second-order valence-electron chi connectivity index (χ2n) is 8.40. The Morgan fingerprint density at radius 3 is 1.33 bits per heavy atom. The standard InChI is InChI=1S/C27H48S3/c1-5-9-12-15-19-28-25-22-24(18-8-4)23-26(29-20-16-13-10-6-2)27(25)30-21-17-14-11-7-3/h22-23H,5-21H2,1-4H3. The van der Waals surface area contributed by atoms with E-state index in [9.17, 15) is 0 Å². The van der Waals surface area contributed by atoms with Gasteiger partial charge >= 0.3 is 0 Å². The first-order chi connectivity index (χ1) is 14.8. The van der Waals surface area contributed by atoms with Crippen molar-refractivity contribution in [1.29, 1.82) is 0 Å². The molecule has 174 valence electrons. The maximum absolute atomic E-state index is 2.53. The molecular formula is C27H48S3. The molecule has 3 heteroatoms. The van der Waals surface area contributed by atoms with Crippen molar-refractivity contribution in [1.82, 2.24) is 0 Å². The largest absolute Gasteiger partial charge is 0.125 e. The molecule has 0 atom stereocenters. The Morgan fingerprint density at radius 1 is 0.500 bits per heavy atom. The molecule has 0 bridgehead atoms. The summed E-state index contributed by atoms with van der Waals surface area (Å²) in [6.45, 7) is 9.23. The topological polar surface area (TPSA) is 0 Å². The maximum Gasteiger partial charge on any atom is 0.0344 e. The Bertz CT molecular complexity index is 492. The van der Waals surface area contributed by atoms with E-state index in [0.717, 1.165) is 0 Å². The van der Waals surface area contributed by atoms with Crippen LogP contribution in [-0.4, -0.2) is 17.3 Å². The van der Waals surface area contributed by atoms with Crippen LogP contribution in [0.1, 0.15) is 117 Å². The van der Waals surface area contributed by atoms with E-state index in [4.69, 9.17) is 0 Å². The maximum atomic E-state index is 2.53. The molecule has 0 fully saturated rings. The van der Waals surface area contributed by atoms with E-state index in [2.05, 4.69) is 75.1 Å². The minimum absolute atomic E-state index is 1.22. The Balaban J connectivity index is 2.87. The summed E-state index contributed by atoms with van der Waals surface area (Å²) in [5.41, 5.74) is 1.56. The van der Waals surface area contributed by atoms with Crippen LogP contribution in [0, 0.1) is 0 Å². The van der Waals surface area contributed by atoms with Crippen molar-refractivity contribution in [2.24, 2.45) is 0 Å². The molecule has 0 aliphatic rings. The molecule has 0 heterocycles.